The van der Waals surface area contributed by atoms with Gasteiger partial charge >= 0.3 is 6.09 Å². The number of nitrogens with zero attached hydrogens (tertiary/aromatic N) is 2. The number of halogens is 2. The first-order chi connectivity index (χ1) is 14.6. The summed E-state index contributed by atoms with van der Waals surface area (Å²) < 4.78 is 11.3. The van der Waals surface area contributed by atoms with Crippen LogP contribution in [0, 0.1) is 0 Å². The lowest BCUT2D eigenvalue weighted by molar-refractivity contribution is 0.0190. The molecule has 2 aliphatic rings. The first-order valence-electron chi connectivity index (χ1n) is 10.7. The number of aromatic nitrogens is 1. The zero-order chi connectivity index (χ0) is 22.3. The number of hydrogen-bond acceptors (Lipinski definition) is 4. The standard InChI is InChI=1S/C24H28Cl2N2O3/c1-14-12-15(10-11-28(14)23(29)30-24(2,3)4)13-17-21(27-31-22(17)16-8-9-16)20-18(25)6-5-7-19(20)26/h5-7,10,14,16H,8-9,11-13H2,1-4H3/t14-/m1/s1. The smallest absolute Gasteiger partial charge is 0.410 e. The number of benzene rings is 1. The maximum atomic E-state index is 12.5. The van der Waals surface area contributed by atoms with Gasteiger partial charge in [0.2, 0.25) is 0 Å². The maximum Gasteiger partial charge on any atom is 0.410 e. The van der Waals surface area contributed by atoms with Crippen LogP contribution in [0.1, 0.15) is 64.2 Å². The second-order valence-corrected chi connectivity index (χ2v) is 10.3. The summed E-state index contributed by atoms with van der Waals surface area (Å²) in [4.78, 5) is 14.3. The molecule has 1 atom stereocenters. The third-order valence-electron chi connectivity index (χ3n) is 5.66. The van der Waals surface area contributed by atoms with E-state index >= 15 is 0 Å². The lowest BCUT2D eigenvalue weighted by Gasteiger charge is -2.34. The van der Waals surface area contributed by atoms with Gasteiger partial charge in [0, 0.05) is 29.6 Å². The molecule has 0 saturated heterocycles. The summed E-state index contributed by atoms with van der Waals surface area (Å²) in [5.41, 5.74) is 3.24. The Morgan fingerprint density at radius 3 is 2.52 bits per heavy atom. The van der Waals surface area contributed by atoms with Crippen molar-refractivity contribution in [2.75, 3.05) is 6.54 Å². The van der Waals surface area contributed by atoms with Crippen LogP contribution >= 0.6 is 23.2 Å². The van der Waals surface area contributed by atoms with Gasteiger partial charge < -0.3 is 14.2 Å². The molecule has 4 rings (SSSR count). The predicted molar refractivity (Wildman–Crippen MR) is 123 cm³/mol. The van der Waals surface area contributed by atoms with Crippen LogP contribution in [0.25, 0.3) is 11.3 Å². The number of hydrogen-bond donors (Lipinski definition) is 0. The molecular formula is C24H28Cl2N2O3. The van der Waals surface area contributed by atoms with E-state index in [9.17, 15) is 4.79 Å². The van der Waals surface area contributed by atoms with Crippen molar-refractivity contribution in [1.29, 1.82) is 0 Å². The van der Waals surface area contributed by atoms with E-state index in [1.807, 2.05) is 39.0 Å². The average Bonchev–Trinajstić information content (AvgIpc) is 3.43. The molecular weight excluding hydrogens is 435 g/mol. The minimum absolute atomic E-state index is 0.0476. The molecule has 166 valence electrons. The van der Waals surface area contributed by atoms with Crippen LogP contribution in [0.2, 0.25) is 10.0 Å². The third-order valence-corrected chi connectivity index (χ3v) is 6.29. The second kappa shape index (κ2) is 8.51. The second-order valence-electron chi connectivity index (χ2n) is 9.47. The van der Waals surface area contributed by atoms with Gasteiger partial charge in [-0.25, -0.2) is 4.79 Å². The van der Waals surface area contributed by atoms with E-state index in [1.165, 1.54) is 5.57 Å². The molecule has 1 saturated carbocycles. The number of ether oxygens (including phenoxy) is 1. The van der Waals surface area contributed by atoms with Crippen molar-refractivity contribution >= 4 is 29.3 Å². The van der Waals surface area contributed by atoms with Gasteiger partial charge in [0.1, 0.15) is 17.1 Å². The Bertz CT molecular complexity index is 998. The minimum atomic E-state index is -0.508. The van der Waals surface area contributed by atoms with Crippen molar-refractivity contribution in [2.45, 2.75) is 70.9 Å². The predicted octanol–water partition coefficient (Wildman–Crippen LogP) is 7.02. The van der Waals surface area contributed by atoms with Crippen molar-refractivity contribution in [1.82, 2.24) is 10.1 Å². The summed E-state index contributed by atoms with van der Waals surface area (Å²) >= 11 is 12.9. The summed E-state index contributed by atoms with van der Waals surface area (Å²) in [6.07, 6.45) is 5.54. The highest BCUT2D eigenvalue weighted by atomic mass is 35.5. The molecule has 2 heterocycles. The Morgan fingerprint density at radius 1 is 1.26 bits per heavy atom. The van der Waals surface area contributed by atoms with E-state index in [0.717, 1.165) is 41.8 Å². The van der Waals surface area contributed by atoms with Gasteiger partial charge in [0.05, 0.1) is 10.0 Å². The molecule has 0 unspecified atom stereocenters. The highest BCUT2D eigenvalue weighted by molar-refractivity contribution is 6.39. The van der Waals surface area contributed by atoms with Gasteiger partial charge in [-0.2, -0.15) is 0 Å². The molecule has 0 bridgehead atoms. The van der Waals surface area contributed by atoms with Crippen LogP contribution in [0.3, 0.4) is 0 Å². The summed E-state index contributed by atoms with van der Waals surface area (Å²) in [6.45, 7) is 8.23. The van der Waals surface area contributed by atoms with Crippen LogP contribution in [0.5, 0.6) is 0 Å². The normalized spacial score (nSPS) is 19.4. The first-order valence-corrected chi connectivity index (χ1v) is 11.5. The fourth-order valence-corrected chi connectivity index (χ4v) is 4.58. The average molecular weight is 463 g/mol. The molecule has 1 fully saturated rings. The van der Waals surface area contributed by atoms with Crippen molar-refractivity contribution in [3.05, 3.63) is 51.2 Å². The zero-order valence-corrected chi connectivity index (χ0v) is 19.9. The van der Waals surface area contributed by atoms with Crippen molar-refractivity contribution in [3.8, 4) is 11.3 Å². The van der Waals surface area contributed by atoms with Gasteiger partial charge in [-0.3, -0.25) is 0 Å². The topological polar surface area (TPSA) is 55.6 Å². The van der Waals surface area contributed by atoms with Crippen LogP contribution in [-0.2, 0) is 11.2 Å². The Morgan fingerprint density at radius 2 is 1.94 bits per heavy atom. The van der Waals surface area contributed by atoms with Crippen LogP contribution in [-0.4, -0.2) is 34.3 Å². The Kier molecular flexibility index (Phi) is 6.10. The molecule has 1 aromatic carbocycles. The van der Waals surface area contributed by atoms with Crippen LogP contribution in [0.4, 0.5) is 4.79 Å². The monoisotopic (exact) mass is 462 g/mol. The van der Waals surface area contributed by atoms with Crippen molar-refractivity contribution < 1.29 is 14.1 Å². The zero-order valence-electron chi connectivity index (χ0n) is 18.4. The summed E-state index contributed by atoms with van der Waals surface area (Å²) in [5.74, 6) is 1.35. The Labute approximate surface area is 193 Å². The van der Waals surface area contributed by atoms with Gasteiger partial charge in [0.25, 0.3) is 0 Å². The molecule has 5 nitrogen and oxygen atoms in total. The van der Waals surface area contributed by atoms with Crippen LogP contribution in [0.15, 0.2) is 34.4 Å². The van der Waals surface area contributed by atoms with Crippen molar-refractivity contribution in [2.24, 2.45) is 0 Å². The van der Waals surface area contributed by atoms with Gasteiger partial charge in [-0.1, -0.05) is 46.1 Å². The molecule has 0 N–H and O–H groups in total. The molecule has 0 spiro atoms. The van der Waals surface area contributed by atoms with Gasteiger partial charge in [0.15, 0.2) is 0 Å². The summed E-state index contributed by atoms with van der Waals surface area (Å²) in [7, 11) is 0. The summed E-state index contributed by atoms with van der Waals surface area (Å²) in [5, 5.41) is 5.50. The molecule has 1 amide bonds. The molecule has 2 aromatic rings. The molecule has 1 aliphatic carbocycles. The Hall–Kier alpha value is -1.98. The molecule has 31 heavy (non-hydrogen) atoms. The molecule has 7 heteroatoms. The first kappa shape index (κ1) is 22.2. The largest absolute Gasteiger partial charge is 0.444 e. The quantitative estimate of drug-likeness (QED) is 0.457. The molecule has 1 aromatic heterocycles. The highest BCUT2D eigenvalue weighted by Crippen LogP contribution is 2.46. The van der Waals surface area contributed by atoms with E-state index in [0.29, 0.717) is 28.9 Å². The lowest BCUT2D eigenvalue weighted by atomic mass is 9.92. The maximum absolute atomic E-state index is 12.5. The number of rotatable bonds is 4. The third kappa shape index (κ3) is 4.93. The van der Waals surface area contributed by atoms with Gasteiger partial charge in [-0.05, 0) is 65.5 Å². The summed E-state index contributed by atoms with van der Waals surface area (Å²) in [6, 6.07) is 5.51. The number of amides is 1. The van der Waals surface area contributed by atoms with Crippen molar-refractivity contribution in [3.63, 3.8) is 0 Å². The minimum Gasteiger partial charge on any atom is -0.444 e. The van der Waals surface area contributed by atoms with E-state index in [1.54, 1.807) is 4.90 Å². The van der Waals surface area contributed by atoms with E-state index in [4.69, 9.17) is 32.5 Å². The molecule has 1 aliphatic heterocycles. The fourth-order valence-electron chi connectivity index (χ4n) is 4.01. The van der Waals surface area contributed by atoms with E-state index < -0.39 is 5.60 Å². The van der Waals surface area contributed by atoms with E-state index in [-0.39, 0.29) is 12.1 Å². The van der Waals surface area contributed by atoms with Gasteiger partial charge in [-0.15, -0.1) is 0 Å². The highest BCUT2D eigenvalue weighted by Gasteiger charge is 2.35. The fraction of sp³-hybridized carbons (Fsp3) is 0.500. The van der Waals surface area contributed by atoms with Crippen LogP contribution < -0.4 is 0 Å². The SMILES string of the molecule is C[C@@H]1CC(Cc2c(-c3c(Cl)cccc3Cl)noc2C2CC2)=CCN1C(=O)OC(C)(C)C. The number of carbonyl (C=O) groups excluding carboxylic acids is 1. The molecule has 0 radical (unpaired) electrons. The Balaban J connectivity index is 1.60. The van der Waals surface area contributed by atoms with E-state index in [2.05, 4.69) is 18.2 Å². The number of carbonyl (C=O) groups is 1. The lowest BCUT2D eigenvalue weighted by Crippen LogP contribution is -2.44.